The van der Waals surface area contributed by atoms with Crippen molar-refractivity contribution >= 4 is 158 Å². The van der Waals surface area contributed by atoms with Gasteiger partial charge in [-0.1, -0.05) is 81.9 Å². The molecule has 0 saturated carbocycles. The summed E-state index contributed by atoms with van der Waals surface area (Å²) in [5.74, 6) is 3.47. The number of nitrogens with zero attached hydrogens (tertiary/aromatic N) is 16. The fourth-order valence-corrected chi connectivity index (χ4v) is 17.1. The van der Waals surface area contributed by atoms with Gasteiger partial charge in [0.2, 0.25) is 22.9 Å². The Morgan fingerprint density at radius 3 is 1.08 bits per heavy atom. The van der Waals surface area contributed by atoms with Crippen molar-refractivity contribution in [2.24, 2.45) is 0 Å². The normalized spacial score (nSPS) is 20.2. The van der Waals surface area contributed by atoms with E-state index in [-0.39, 0.29) is 52.1 Å². The molecule has 8 aliphatic rings. The van der Waals surface area contributed by atoms with E-state index in [1.807, 2.05) is 112 Å². The number of aromatic nitrogens is 4. The van der Waals surface area contributed by atoms with E-state index in [9.17, 15) is 0 Å². The molecule has 524 valence electrons. The van der Waals surface area contributed by atoms with Crippen LogP contribution in [0.4, 0.5) is 39.8 Å². The summed E-state index contributed by atoms with van der Waals surface area (Å²) >= 11 is 0. The van der Waals surface area contributed by atoms with Gasteiger partial charge in [0.15, 0.2) is 0 Å². The van der Waals surface area contributed by atoms with E-state index in [4.69, 9.17) is 25.9 Å². The first-order valence-corrected chi connectivity index (χ1v) is 36.0. The second-order valence-electron chi connectivity index (χ2n) is 28.0. The van der Waals surface area contributed by atoms with Crippen molar-refractivity contribution in [2.45, 2.75) is 107 Å². The molecule has 0 N–H and O–H groups in total. The van der Waals surface area contributed by atoms with E-state index >= 15 is 0 Å². The zero-order valence-corrected chi connectivity index (χ0v) is 61.1. The predicted octanol–water partition coefficient (Wildman–Crippen LogP) is 14.7. The van der Waals surface area contributed by atoms with Crippen LogP contribution in [0.15, 0.2) is 229 Å². The molecule has 0 bridgehead atoms. The predicted molar refractivity (Wildman–Crippen MR) is 432 cm³/mol. The van der Waals surface area contributed by atoms with Gasteiger partial charge in [0.05, 0.1) is 34.1 Å². The number of allylic oxidation sites excluding steroid dienone is 4. The molecule has 0 radical (unpaired) electrons. The molecule has 20 rings (SSSR count). The quantitative estimate of drug-likeness (QED) is 0.151. The number of hydrazine groups is 4. The van der Waals surface area contributed by atoms with Crippen molar-refractivity contribution in [3.05, 3.63) is 235 Å². The molecule has 4 aromatic carbocycles. The summed E-state index contributed by atoms with van der Waals surface area (Å²) < 4.78 is 71.3. The van der Waals surface area contributed by atoms with Crippen LogP contribution in [0.5, 0.6) is 0 Å². The number of benzene rings is 4. The monoisotopic (exact) mass is 1390 g/mol. The Hall–Kier alpha value is -11.8. The van der Waals surface area contributed by atoms with Crippen LogP contribution in [-0.4, -0.2) is 123 Å². The molecule has 20 nitrogen and oxygen atoms in total. The standard InChI is InChI=1S/C25H23BN4O.2C20H21BN4O.C16H19BN4O/c1-17-16-23-24(20-12-9-15-27-25(20)31-23)26(3)30(17)29-18(2)28(19-10-5-4-6-11-19)21-13-7-8-14-22(21)29;2*1-13-12-18-19(15-8-7-11-22-20(15)26-18)21(3)25(13)24-14(2)23(4)16-9-5-6-10-17(16)24;1-11-10-14-15(13-6-5-7-18-16(13)22-14)17(3)21(11)20-9-8-19(4)12(20)2/h4-16,18H,1-3H3;2*5-12,14H,1-4H3;5-10,12H,1-4H3/t18-;2*14-;12-/m0000/s1/i;4D3;;4D3. The van der Waals surface area contributed by atoms with Crippen molar-refractivity contribution in [1.29, 1.82) is 0 Å². The summed E-state index contributed by atoms with van der Waals surface area (Å²) in [6.45, 7) is 21.1. The molecule has 0 fully saturated rings. The fraction of sp³-hybridized carbons (Fsp3) is 0.235. The van der Waals surface area contributed by atoms with Crippen molar-refractivity contribution in [3.8, 4) is 0 Å². The summed E-state index contributed by atoms with van der Waals surface area (Å²) in [5, 5.41) is 13.0. The van der Waals surface area contributed by atoms with E-state index < -0.39 is 14.0 Å². The highest BCUT2D eigenvalue weighted by Gasteiger charge is 2.47. The van der Waals surface area contributed by atoms with Crippen molar-refractivity contribution in [3.63, 3.8) is 0 Å². The van der Waals surface area contributed by atoms with Crippen molar-refractivity contribution in [1.82, 2.24) is 49.5 Å². The first kappa shape index (κ1) is 59.7. The molecule has 12 aromatic rings. The average molecular weight is 1390 g/mol. The zero-order valence-electron chi connectivity index (χ0n) is 67.1. The molecule has 105 heavy (non-hydrogen) atoms. The highest BCUT2D eigenvalue weighted by atomic mass is 16.4. The topological polar surface area (TPSA) is 143 Å². The maximum Gasteiger partial charge on any atom is 0.315 e. The van der Waals surface area contributed by atoms with Crippen molar-refractivity contribution in [2.75, 3.05) is 50.7 Å². The lowest BCUT2D eigenvalue weighted by Gasteiger charge is -2.44. The molecule has 4 atom stereocenters. The van der Waals surface area contributed by atoms with E-state index in [0.29, 0.717) is 28.5 Å². The van der Waals surface area contributed by atoms with E-state index in [1.165, 1.54) is 54.9 Å². The molecular formula is C81H84B4N16O4. The molecule has 0 saturated heterocycles. The largest absolute Gasteiger partial charge is 0.439 e. The van der Waals surface area contributed by atoms with Crippen LogP contribution in [0.25, 0.3) is 68.7 Å². The Labute approximate surface area is 623 Å². The number of furan rings is 4. The number of fused-ring (bicyclic) bond motifs is 15. The molecule has 0 spiro atoms. The van der Waals surface area contributed by atoms with Gasteiger partial charge in [-0.2, -0.15) is 0 Å². The number of hydrogen-bond acceptors (Lipinski definition) is 20. The maximum atomic E-state index is 8.07. The summed E-state index contributed by atoms with van der Waals surface area (Å²) in [6.07, 6.45) is 18.4. The number of hydrogen-bond donors (Lipinski definition) is 0. The molecule has 0 unspecified atom stereocenters. The lowest BCUT2D eigenvalue weighted by molar-refractivity contribution is 0.0635. The summed E-state index contributed by atoms with van der Waals surface area (Å²) in [6, 6.07) is 51.5. The summed E-state index contributed by atoms with van der Waals surface area (Å²) in [7, 11) is 2.15. The number of anilines is 7. The minimum atomic E-state index is -2.24. The van der Waals surface area contributed by atoms with Crippen molar-refractivity contribution < 1.29 is 25.9 Å². The summed E-state index contributed by atoms with van der Waals surface area (Å²) in [4.78, 5) is 34.2. The second kappa shape index (κ2) is 25.9. The first-order valence-electron chi connectivity index (χ1n) is 39.0. The third kappa shape index (κ3) is 10.6. The third-order valence-electron chi connectivity index (χ3n) is 21.9. The van der Waals surface area contributed by atoms with Gasteiger partial charge in [-0.15, -0.1) is 0 Å². The zero-order chi connectivity index (χ0) is 77.5. The molecule has 24 heteroatoms. The molecule has 8 aliphatic heterocycles. The minimum absolute atomic E-state index is 0.00546. The van der Waals surface area contributed by atoms with Gasteiger partial charge >= 0.3 is 27.4 Å². The van der Waals surface area contributed by atoms with Gasteiger partial charge in [0, 0.05) is 138 Å². The minimum Gasteiger partial charge on any atom is -0.439 e. The highest BCUT2D eigenvalue weighted by Crippen LogP contribution is 2.48. The van der Waals surface area contributed by atoms with Gasteiger partial charge < -0.3 is 56.9 Å². The average Bonchev–Trinajstić information content (AvgIpc) is 1.60. The SMILES string of the molecule is CB1c2c(oc3ncccc23)C=C(C)N1N1c2ccccc2N(C)[C@@H]1C.CB1c2c(oc3ncccc23)C=C(C)N1N1c2ccccc2N(c2ccccc2)[C@@H]1C.[2H]C([2H])([2H])N1C=CN(N2B(C)c3c(oc4ncccc34)C=C2C)[C@H]1C.[2H]C([2H])([2H])N1c2ccccc2N(N2B(C)c3c(oc4ncccc34)C=C2C)[C@H]1C. The van der Waals surface area contributed by atoms with Crippen LogP contribution in [0.2, 0.25) is 27.3 Å². The van der Waals surface area contributed by atoms with E-state index in [0.717, 1.165) is 78.3 Å². The molecule has 0 aliphatic carbocycles. The van der Waals surface area contributed by atoms with Crippen LogP contribution >= 0.6 is 0 Å². The smallest absolute Gasteiger partial charge is 0.315 e. The van der Waals surface area contributed by atoms with Gasteiger partial charge in [-0.05, 0) is 177 Å². The Morgan fingerprint density at radius 1 is 0.352 bits per heavy atom. The third-order valence-corrected chi connectivity index (χ3v) is 21.9. The lowest BCUT2D eigenvalue weighted by Crippen LogP contribution is -2.59. The van der Waals surface area contributed by atoms with Gasteiger partial charge in [-0.25, -0.2) is 19.9 Å². The molecule has 8 aromatic heterocycles. The lowest BCUT2D eigenvalue weighted by atomic mass is 9.55. The van der Waals surface area contributed by atoms with Crippen LogP contribution in [0, 0.1) is 0 Å². The number of pyridine rings is 4. The Kier molecular flexibility index (Phi) is 14.7. The second-order valence-corrected chi connectivity index (χ2v) is 28.0. The van der Waals surface area contributed by atoms with E-state index in [1.54, 1.807) is 31.0 Å². The maximum absolute atomic E-state index is 8.07. The van der Waals surface area contributed by atoms with Crippen LogP contribution in [-0.2, 0) is 0 Å². The Balaban J connectivity index is 0.000000108. The van der Waals surface area contributed by atoms with E-state index in [2.05, 4.69) is 230 Å². The first-order chi connectivity index (χ1) is 53.3. The number of rotatable bonds is 5. The van der Waals surface area contributed by atoms with Crippen LogP contribution in [0.1, 0.15) is 86.7 Å². The summed E-state index contributed by atoms with van der Waals surface area (Å²) in [5.41, 5.74) is 19.2. The highest BCUT2D eigenvalue weighted by molar-refractivity contribution is 6.75. The number of para-hydroxylation sites is 7. The molecule has 0 amide bonds. The Morgan fingerprint density at radius 2 is 0.686 bits per heavy atom. The van der Waals surface area contributed by atoms with Crippen LogP contribution < -0.4 is 51.6 Å². The van der Waals surface area contributed by atoms with Crippen LogP contribution in [0.3, 0.4) is 0 Å². The fourth-order valence-electron chi connectivity index (χ4n) is 17.1. The molecule has 16 heterocycles. The van der Waals surface area contributed by atoms with Gasteiger partial charge in [-0.3, -0.25) is 20.0 Å². The van der Waals surface area contributed by atoms with Gasteiger partial charge in [0.1, 0.15) is 47.7 Å². The molecular weight excluding hydrogens is 1300 g/mol. The Bertz CT molecular complexity index is 5790. The van der Waals surface area contributed by atoms with Gasteiger partial charge in [0.25, 0.3) is 0 Å².